The lowest BCUT2D eigenvalue weighted by atomic mass is 9.66. The Morgan fingerprint density at radius 1 is 0.792 bits per heavy atom. The normalized spacial score (nSPS) is 32.4. The highest BCUT2D eigenvalue weighted by Crippen LogP contribution is 2.45. The third-order valence-corrected chi connectivity index (χ3v) is 7.31. The summed E-state index contributed by atoms with van der Waals surface area (Å²) in [5.41, 5.74) is 1.59. The molecule has 2 aliphatic rings. The Morgan fingerprint density at radius 3 is 1.92 bits per heavy atom. The molecule has 0 aliphatic heterocycles. The lowest BCUT2D eigenvalue weighted by Crippen LogP contribution is -2.27. The molecule has 0 saturated heterocycles. The van der Waals surface area contributed by atoms with Crippen molar-refractivity contribution in [3.05, 3.63) is 35.9 Å². The van der Waals surface area contributed by atoms with Gasteiger partial charge in [-0.05, 0) is 80.1 Å². The Kier molecular flexibility index (Phi) is 6.81. The zero-order valence-corrected chi connectivity index (χ0v) is 16.1. The molecule has 1 aromatic carbocycles. The van der Waals surface area contributed by atoms with Gasteiger partial charge in [-0.1, -0.05) is 69.9 Å². The van der Waals surface area contributed by atoms with E-state index < -0.39 is 0 Å². The standard InChI is InChI=1S/C24H38/c1-3-8-19-11-13-20(14-12-19)21-15-17-23(18-16-21)24(4-2)22-9-6-5-7-10-22/h5-7,9-10,19-21,23-24H,3-4,8,11-18H2,1-2H3/t19-,20-,21?,23?,24?. The predicted molar refractivity (Wildman–Crippen MR) is 105 cm³/mol. The summed E-state index contributed by atoms with van der Waals surface area (Å²) in [7, 11) is 0. The van der Waals surface area contributed by atoms with Crippen molar-refractivity contribution in [2.24, 2.45) is 23.7 Å². The zero-order chi connectivity index (χ0) is 16.8. The molecule has 1 atom stereocenters. The average Bonchev–Trinajstić information content (AvgIpc) is 2.65. The molecule has 0 bridgehead atoms. The van der Waals surface area contributed by atoms with E-state index >= 15 is 0 Å². The first-order chi connectivity index (χ1) is 11.8. The number of benzene rings is 1. The fourth-order valence-electron chi connectivity index (χ4n) is 5.92. The zero-order valence-electron chi connectivity index (χ0n) is 16.1. The van der Waals surface area contributed by atoms with Crippen LogP contribution in [0.2, 0.25) is 0 Å². The van der Waals surface area contributed by atoms with Crippen LogP contribution in [0.15, 0.2) is 30.3 Å². The summed E-state index contributed by atoms with van der Waals surface area (Å²) in [6.07, 6.45) is 16.3. The van der Waals surface area contributed by atoms with E-state index in [-0.39, 0.29) is 0 Å². The molecule has 2 fully saturated rings. The van der Waals surface area contributed by atoms with Gasteiger partial charge in [-0.25, -0.2) is 0 Å². The van der Waals surface area contributed by atoms with Crippen LogP contribution in [0.4, 0.5) is 0 Å². The summed E-state index contributed by atoms with van der Waals surface area (Å²) >= 11 is 0. The van der Waals surface area contributed by atoms with Crippen molar-refractivity contribution in [3.8, 4) is 0 Å². The topological polar surface area (TPSA) is 0 Å². The van der Waals surface area contributed by atoms with Crippen LogP contribution in [0.5, 0.6) is 0 Å². The smallest absolute Gasteiger partial charge is 0.0136 e. The van der Waals surface area contributed by atoms with Gasteiger partial charge in [0, 0.05) is 0 Å². The van der Waals surface area contributed by atoms with Crippen molar-refractivity contribution in [2.75, 3.05) is 0 Å². The molecule has 0 N–H and O–H groups in total. The highest BCUT2D eigenvalue weighted by molar-refractivity contribution is 5.20. The maximum atomic E-state index is 2.39. The largest absolute Gasteiger partial charge is 0.0654 e. The van der Waals surface area contributed by atoms with E-state index in [1.807, 2.05) is 0 Å². The van der Waals surface area contributed by atoms with Crippen LogP contribution in [0, 0.1) is 23.7 Å². The van der Waals surface area contributed by atoms with E-state index in [0.717, 1.165) is 29.6 Å². The van der Waals surface area contributed by atoms with Crippen LogP contribution in [0.25, 0.3) is 0 Å². The molecular weight excluding hydrogens is 288 g/mol. The minimum atomic E-state index is 0.799. The van der Waals surface area contributed by atoms with Gasteiger partial charge < -0.3 is 0 Å². The number of rotatable bonds is 6. The van der Waals surface area contributed by atoms with Crippen molar-refractivity contribution in [2.45, 2.75) is 90.4 Å². The Morgan fingerprint density at radius 2 is 1.38 bits per heavy atom. The molecule has 2 saturated carbocycles. The summed E-state index contributed by atoms with van der Waals surface area (Å²) < 4.78 is 0. The van der Waals surface area contributed by atoms with Crippen molar-refractivity contribution in [1.29, 1.82) is 0 Å². The van der Waals surface area contributed by atoms with E-state index in [9.17, 15) is 0 Å². The quantitative estimate of drug-likeness (QED) is 0.505. The second-order valence-electron chi connectivity index (χ2n) is 8.67. The first kappa shape index (κ1) is 18.0. The molecule has 3 rings (SSSR count). The van der Waals surface area contributed by atoms with Crippen LogP contribution >= 0.6 is 0 Å². The molecule has 0 nitrogen and oxygen atoms in total. The fourth-order valence-corrected chi connectivity index (χ4v) is 5.92. The summed E-state index contributed by atoms with van der Waals surface area (Å²) in [6, 6.07) is 11.3. The summed E-state index contributed by atoms with van der Waals surface area (Å²) in [4.78, 5) is 0. The van der Waals surface area contributed by atoms with Gasteiger partial charge in [-0.15, -0.1) is 0 Å². The van der Waals surface area contributed by atoms with Gasteiger partial charge in [0.2, 0.25) is 0 Å². The molecule has 2 aliphatic carbocycles. The molecular formula is C24H38. The van der Waals surface area contributed by atoms with E-state index in [1.165, 1.54) is 70.6 Å². The summed E-state index contributed by atoms with van der Waals surface area (Å²) in [6.45, 7) is 4.74. The van der Waals surface area contributed by atoms with Gasteiger partial charge in [0.25, 0.3) is 0 Å². The number of hydrogen-bond acceptors (Lipinski definition) is 0. The first-order valence-corrected chi connectivity index (χ1v) is 10.9. The fraction of sp³-hybridized carbons (Fsp3) is 0.750. The molecule has 134 valence electrons. The van der Waals surface area contributed by atoms with Crippen LogP contribution in [-0.2, 0) is 0 Å². The molecule has 24 heavy (non-hydrogen) atoms. The minimum absolute atomic E-state index is 0.799. The highest BCUT2D eigenvalue weighted by Gasteiger charge is 2.33. The predicted octanol–water partition coefficient (Wildman–Crippen LogP) is 7.59. The summed E-state index contributed by atoms with van der Waals surface area (Å²) in [5, 5.41) is 0. The molecule has 0 radical (unpaired) electrons. The first-order valence-electron chi connectivity index (χ1n) is 10.9. The molecule has 0 heterocycles. The second kappa shape index (κ2) is 9.07. The van der Waals surface area contributed by atoms with Gasteiger partial charge in [-0.2, -0.15) is 0 Å². The van der Waals surface area contributed by atoms with E-state index in [1.54, 1.807) is 5.56 Å². The molecule has 1 aromatic rings. The Hall–Kier alpha value is -0.780. The SMILES string of the molecule is CCC[C@H]1CC[C@H](C2CCC(C(CC)c3ccccc3)CC2)CC1. The highest BCUT2D eigenvalue weighted by atomic mass is 14.4. The lowest BCUT2D eigenvalue weighted by Gasteiger charge is -2.40. The third kappa shape index (κ3) is 4.44. The van der Waals surface area contributed by atoms with Crippen LogP contribution < -0.4 is 0 Å². The van der Waals surface area contributed by atoms with E-state index in [0.29, 0.717) is 0 Å². The Labute approximate surface area is 150 Å². The minimum Gasteiger partial charge on any atom is -0.0654 e. The molecule has 1 unspecified atom stereocenters. The van der Waals surface area contributed by atoms with Crippen molar-refractivity contribution in [3.63, 3.8) is 0 Å². The van der Waals surface area contributed by atoms with Gasteiger partial charge in [0.1, 0.15) is 0 Å². The van der Waals surface area contributed by atoms with E-state index in [2.05, 4.69) is 44.2 Å². The molecule has 0 amide bonds. The van der Waals surface area contributed by atoms with Crippen molar-refractivity contribution < 1.29 is 0 Å². The number of hydrogen-bond donors (Lipinski definition) is 0. The van der Waals surface area contributed by atoms with Gasteiger partial charge >= 0.3 is 0 Å². The lowest BCUT2D eigenvalue weighted by molar-refractivity contribution is 0.134. The maximum Gasteiger partial charge on any atom is -0.0136 e. The monoisotopic (exact) mass is 326 g/mol. The van der Waals surface area contributed by atoms with Gasteiger partial charge in [-0.3, -0.25) is 0 Å². The van der Waals surface area contributed by atoms with Crippen LogP contribution in [0.1, 0.15) is 96.0 Å². The van der Waals surface area contributed by atoms with Gasteiger partial charge in [0.15, 0.2) is 0 Å². The second-order valence-corrected chi connectivity index (χ2v) is 8.67. The van der Waals surface area contributed by atoms with E-state index in [4.69, 9.17) is 0 Å². The van der Waals surface area contributed by atoms with Crippen molar-refractivity contribution in [1.82, 2.24) is 0 Å². The maximum absolute atomic E-state index is 2.39. The van der Waals surface area contributed by atoms with Crippen molar-refractivity contribution >= 4 is 0 Å². The third-order valence-electron chi connectivity index (χ3n) is 7.31. The molecule has 0 spiro atoms. The van der Waals surface area contributed by atoms with Gasteiger partial charge in [0.05, 0.1) is 0 Å². The average molecular weight is 327 g/mol. The Bertz CT molecular complexity index is 446. The van der Waals surface area contributed by atoms with Crippen LogP contribution in [-0.4, -0.2) is 0 Å². The molecule has 0 heteroatoms. The summed E-state index contributed by atoms with van der Waals surface area (Å²) in [5.74, 6) is 4.91. The molecule has 0 aromatic heterocycles. The Balaban J connectivity index is 1.49. The van der Waals surface area contributed by atoms with Crippen LogP contribution in [0.3, 0.4) is 0 Å².